The number of hydrogen-bond donors (Lipinski definition) is 1. The number of hydrogen-bond acceptors (Lipinski definition) is 4. The number of sulfone groups is 1. The molecule has 1 unspecified atom stereocenters. The van der Waals surface area contributed by atoms with Gasteiger partial charge in [-0.2, -0.15) is 5.10 Å². The lowest BCUT2D eigenvalue weighted by atomic mass is 10.1. The van der Waals surface area contributed by atoms with E-state index in [1.165, 1.54) is 18.0 Å². The van der Waals surface area contributed by atoms with E-state index < -0.39 is 9.84 Å². The summed E-state index contributed by atoms with van der Waals surface area (Å²) >= 11 is 0. The maximum absolute atomic E-state index is 11.4. The molecule has 102 valence electrons. The number of benzene rings is 1. The molecular weight excluding hydrogens is 262 g/mol. The molecule has 2 aromatic rings. The van der Waals surface area contributed by atoms with Crippen LogP contribution in [-0.2, 0) is 16.4 Å². The first-order valence-corrected chi connectivity index (χ1v) is 7.80. The summed E-state index contributed by atoms with van der Waals surface area (Å²) in [4.78, 5) is 0.212. The van der Waals surface area contributed by atoms with Crippen molar-refractivity contribution in [3.63, 3.8) is 0 Å². The lowest BCUT2D eigenvalue weighted by molar-refractivity contribution is 0.526. The summed E-state index contributed by atoms with van der Waals surface area (Å²) in [5, 5.41) is 4.02. The Bertz CT molecular complexity index is 659. The molecule has 2 rings (SSSR count). The molecule has 0 spiro atoms. The van der Waals surface area contributed by atoms with E-state index in [1.807, 2.05) is 31.2 Å². The number of nitrogens with two attached hydrogens (primary N) is 1. The summed E-state index contributed by atoms with van der Waals surface area (Å²) in [5.41, 5.74) is 8.26. The Hall–Kier alpha value is -1.66. The van der Waals surface area contributed by atoms with E-state index in [-0.39, 0.29) is 10.9 Å². The molecule has 0 saturated heterocycles. The van der Waals surface area contributed by atoms with Crippen LogP contribution < -0.4 is 5.73 Å². The summed E-state index contributed by atoms with van der Waals surface area (Å²) in [7, 11) is -3.21. The Morgan fingerprint density at radius 1 is 1.32 bits per heavy atom. The van der Waals surface area contributed by atoms with Crippen molar-refractivity contribution in [2.24, 2.45) is 5.73 Å². The number of rotatable bonds is 4. The molecule has 0 saturated carbocycles. The van der Waals surface area contributed by atoms with E-state index in [0.29, 0.717) is 6.54 Å². The van der Waals surface area contributed by atoms with Gasteiger partial charge >= 0.3 is 0 Å². The first-order valence-electron chi connectivity index (χ1n) is 5.91. The van der Waals surface area contributed by atoms with Crippen molar-refractivity contribution in [3.05, 3.63) is 47.8 Å². The minimum absolute atomic E-state index is 0.212. The molecule has 0 aliphatic carbocycles. The Balaban J connectivity index is 2.13. The maximum atomic E-state index is 11.4. The highest BCUT2D eigenvalue weighted by Crippen LogP contribution is 2.14. The first-order chi connectivity index (χ1) is 8.86. The molecule has 1 aromatic carbocycles. The second-order valence-electron chi connectivity index (χ2n) is 4.69. The number of aryl methyl sites for hydroxylation is 1. The fourth-order valence-corrected chi connectivity index (χ4v) is 2.31. The van der Waals surface area contributed by atoms with Crippen molar-refractivity contribution in [3.8, 4) is 0 Å². The third kappa shape index (κ3) is 3.42. The maximum Gasteiger partial charge on any atom is 0.178 e. The van der Waals surface area contributed by atoms with Crippen molar-refractivity contribution >= 4 is 9.84 Å². The van der Waals surface area contributed by atoms with Crippen LogP contribution in [0.5, 0.6) is 0 Å². The Morgan fingerprint density at radius 3 is 2.47 bits per heavy atom. The van der Waals surface area contributed by atoms with Crippen LogP contribution >= 0.6 is 0 Å². The fourth-order valence-electron chi connectivity index (χ4n) is 1.76. The highest BCUT2D eigenvalue weighted by atomic mass is 32.2. The van der Waals surface area contributed by atoms with Gasteiger partial charge in [0.2, 0.25) is 0 Å². The van der Waals surface area contributed by atoms with Crippen LogP contribution in [0, 0.1) is 6.92 Å². The minimum Gasteiger partial charge on any atom is -0.322 e. The predicted octanol–water partition coefficient (Wildman–Crippen LogP) is 1.30. The molecule has 0 radical (unpaired) electrons. The van der Waals surface area contributed by atoms with Gasteiger partial charge in [-0.3, -0.25) is 4.68 Å². The van der Waals surface area contributed by atoms with Gasteiger partial charge in [0.15, 0.2) is 9.84 Å². The summed E-state index contributed by atoms with van der Waals surface area (Å²) in [6.07, 6.45) is 4.01. The Morgan fingerprint density at radius 2 is 1.95 bits per heavy atom. The van der Waals surface area contributed by atoms with Crippen LogP contribution in [0.15, 0.2) is 41.6 Å². The second kappa shape index (κ2) is 5.14. The molecule has 0 amide bonds. The number of aromatic nitrogens is 2. The van der Waals surface area contributed by atoms with Crippen LogP contribution in [0.25, 0.3) is 0 Å². The lowest BCUT2D eigenvalue weighted by Crippen LogP contribution is -2.17. The third-order valence-electron chi connectivity index (χ3n) is 2.93. The van der Waals surface area contributed by atoms with Crippen LogP contribution in [0.1, 0.15) is 17.2 Å². The molecule has 0 bridgehead atoms. The van der Waals surface area contributed by atoms with Gasteiger partial charge in [0.1, 0.15) is 4.90 Å². The predicted molar refractivity (Wildman–Crippen MR) is 73.4 cm³/mol. The van der Waals surface area contributed by atoms with Gasteiger partial charge in [-0.05, 0) is 12.5 Å². The van der Waals surface area contributed by atoms with Crippen LogP contribution in [-0.4, -0.2) is 24.5 Å². The normalized spacial score (nSPS) is 13.4. The van der Waals surface area contributed by atoms with E-state index in [0.717, 1.165) is 11.8 Å². The topological polar surface area (TPSA) is 78.0 Å². The van der Waals surface area contributed by atoms with Crippen molar-refractivity contribution in [1.82, 2.24) is 9.78 Å². The average molecular weight is 279 g/mol. The molecule has 0 aliphatic rings. The fraction of sp³-hybridized carbons (Fsp3) is 0.308. The second-order valence-corrected chi connectivity index (χ2v) is 6.70. The molecule has 5 nitrogen and oxygen atoms in total. The lowest BCUT2D eigenvalue weighted by Gasteiger charge is -2.12. The SMILES string of the molecule is Cc1ccc(C(N)Cn2cc(S(C)(=O)=O)cn2)cc1. The van der Waals surface area contributed by atoms with Gasteiger partial charge in [-0.15, -0.1) is 0 Å². The number of nitrogens with zero attached hydrogens (tertiary/aromatic N) is 2. The van der Waals surface area contributed by atoms with Crippen molar-refractivity contribution in [1.29, 1.82) is 0 Å². The zero-order chi connectivity index (χ0) is 14.0. The zero-order valence-electron chi connectivity index (χ0n) is 10.9. The summed E-state index contributed by atoms with van der Waals surface area (Å²) in [6.45, 7) is 2.46. The monoisotopic (exact) mass is 279 g/mol. The standard InChI is InChI=1S/C13H17N3O2S/c1-10-3-5-11(6-4-10)13(14)9-16-8-12(7-15-16)19(2,17)18/h3-8,13H,9,14H2,1-2H3. The highest BCUT2D eigenvalue weighted by Gasteiger charge is 2.12. The average Bonchev–Trinajstić information content (AvgIpc) is 2.78. The van der Waals surface area contributed by atoms with Gasteiger partial charge in [-0.25, -0.2) is 8.42 Å². The smallest absolute Gasteiger partial charge is 0.178 e. The molecule has 0 aliphatic heterocycles. The van der Waals surface area contributed by atoms with E-state index in [9.17, 15) is 8.42 Å². The van der Waals surface area contributed by atoms with E-state index in [4.69, 9.17) is 5.73 Å². The van der Waals surface area contributed by atoms with E-state index in [2.05, 4.69) is 5.10 Å². The third-order valence-corrected chi connectivity index (χ3v) is 3.99. The van der Waals surface area contributed by atoms with E-state index >= 15 is 0 Å². The van der Waals surface area contributed by atoms with Gasteiger partial charge in [0.25, 0.3) is 0 Å². The van der Waals surface area contributed by atoms with Crippen molar-refractivity contribution in [2.75, 3.05) is 6.26 Å². The summed E-state index contributed by atoms with van der Waals surface area (Å²) in [6, 6.07) is 7.73. The molecule has 19 heavy (non-hydrogen) atoms. The van der Waals surface area contributed by atoms with Crippen LogP contribution in [0.3, 0.4) is 0 Å². The Labute approximate surface area is 113 Å². The molecule has 2 N–H and O–H groups in total. The van der Waals surface area contributed by atoms with Crippen molar-refractivity contribution in [2.45, 2.75) is 24.4 Å². The summed E-state index contributed by atoms with van der Waals surface area (Å²) < 4.78 is 24.3. The Kier molecular flexibility index (Phi) is 3.73. The first kappa shape index (κ1) is 13.8. The van der Waals surface area contributed by atoms with E-state index in [1.54, 1.807) is 4.68 Å². The molecular formula is C13H17N3O2S. The van der Waals surface area contributed by atoms with Crippen LogP contribution in [0.4, 0.5) is 0 Å². The largest absolute Gasteiger partial charge is 0.322 e. The minimum atomic E-state index is -3.21. The van der Waals surface area contributed by atoms with Gasteiger partial charge < -0.3 is 5.73 Å². The molecule has 1 aromatic heterocycles. The highest BCUT2D eigenvalue weighted by molar-refractivity contribution is 7.90. The summed E-state index contributed by atoms with van der Waals surface area (Å²) in [5.74, 6) is 0. The van der Waals surface area contributed by atoms with Gasteiger partial charge in [0.05, 0.1) is 12.7 Å². The van der Waals surface area contributed by atoms with Crippen molar-refractivity contribution < 1.29 is 8.42 Å². The quantitative estimate of drug-likeness (QED) is 0.915. The molecule has 6 heteroatoms. The van der Waals surface area contributed by atoms with Crippen LogP contribution in [0.2, 0.25) is 0 Å². The molecule has 0 fully saturated rings. The zero-order valence-corrected chi connectivity index (χ0v) is 11.8. The molecule has 1 heterocycles. The van der Waals surface area contributed by atoms with Gasteiger partial charge in [0, 0.05) is 18.5 Å². The van der Waals surface area contributed by atoms with Gasteiger partial charge in [-0.1, -0.05) is 29.8 Å². The molecule has 1 atom stereocenters.